The SMILES string of the molecule is COC(=O)c1scc(F)c1S(=O)(=O)N=C=O. The van der Waals surface area contributed by atoms with Crippen LogP contribution in [-0.2, 0) is 19.6 Å². The third-order valence-electron chi connectivity index (χ3n) is 1.49. The van der Waals surface area contributed by atoms with Crippen molar-refractivity contribution in [3.8, 4) is 0 Å². The summed E-state index contributed by atoms with van der Waals surface area (Å²) in [5, 5.41) is 0.805. The molecule has 1 heterocycles. The number of halogens is 1. The Morgan fingerprint density at radius 3 is 2.75 bits per heavy atom. The second-order valence-corrected chi connectivity index (χ2v) is 4.81. The Hall–Kier alpha value is -1.57. The summed E-state index contributed by atoms with van der Waals surface area (Å²) in [6, 6.07) is 0. The van der Waals surface area contributed by atoms with Gasteiger partial charge >= 0.3 is 5.97 Å². The first-order valence-electron chi connectivity index (χ1n) is 3.63. The fourth-order valence-electron chi connectivity index (χ4n) is 0.895. The van der Waals surface area contributed by atoms with Gasteiger partial charge in [0.15, 0.2) is 10.7 Å². The van der Waals surface area contributed by atoms with Crippen molar-refractivity contribution in [3.63, 3.8) is 0 Å². The Morgan fingerprint density at radius 2 is 2.25 bits per heavy atom. The van der Waals surface area contributed by atoms with E-state index in [0.717, 1.165) is 18.6 Å². The zero-order chi connectivity index (χ0) is 12.3. The molecule has 9 heteroatoms. The number of nitrogens with zero attached hydrogens (tertiary/aromatic N) is 1. The van der Waals surface area contributed by atoms with Crippen LogP contribution in [0, 0.1) is 5.82 Å². The molecular formula is C7H4FNO5S2. The first-order chi connectivity index (χ1) is 7.44. The van der Waals surface area contributed by atoms with Gasteiger partial charge in [-0.1, -0.05) is 4.40 Å². The number of thiophene rings is 1. The summed E-state index contributed by atoms with van der Waals surface area (Å²) in [5.41, 5.74) is 0. The number of ether oxygens (including phenoxy) is 1. The van der Waals surface area contributed by atoms with Crippen LogP contribution in [0.4, 0.5) is 4.39 Å². The molecule has 0 aliphatic carbocycles. The lowest BCUT2D eigenvalue weighted by Gasteiger charge is -1.98. The van der Waals surface area contributed by atoms with Crippen molar-refractivity contribution in [2.24, 2.45) is 4.40 Å². The summed E-state index contributed by atoms with van der Waals surface area (Å²) in [6.45, 7) is 0. The maximum atomic E-state index is 13.2. The topological polar surface area (TPSA) is 89.9 Å². The molecule has 86 valence electrons. The Morgan fingerprint density at radius 1 is 1.62 bits per heavy atom. The monoisotopic (exact) mass is 265 g/mol. The molecule has 0 fully saturated rings. The molecule has 0 aromatic carbocycles. The van der Waals surface area contributed by atoms with E-state index in [1.807, 2.05) is 0 Å². The quantitative estimate of drug-likeness (QED) is 0.456. The third-order valence-corrected chi connectivity index (χ3v) is 3.78. The molecule has 6 nitrogen and oxygen atoms in total. The molecular weight excluding hydrogens is 261 g/mol. The van der Waals surface area contributed by atoms with Gasteiger partial charge in [-0.15, -0.1) is 11.3 Å². The van der Waals surface area contributed by atoms with E-state index in [1.165, 1.54) is 0 Å². The molecule has 0 N–H and O–H groups in total. The lowest BCUT2D eigenvalue weighted by molar-refractivity contribution is 0.0601. The zero-order valence-corrected chi connectivity index (χ0v) is 9.39. The van der Waals surface area contributed by atoms with Crippen LogP contribution in [-0.4, -0.2) is 27.6 Å². The van der Waals surface area contributed by atoms with Crippen molar-refractivity contribution in [2.45, 2.75) is 4.90 Å². The van der Waals surface area contributed by atoms with Gasteiger partial charge in [-0.2, -0.15) is 8.42 Å². The van der Waals surface area contributed by atoms with Crippen LogP contribution < -0.4 is 0 Å². The van der Waals surface area contributed by atoms with Gasteiger partial charge in [-0.05, 0) is 0 Å². The van der Waals surface area contributed by atoms with Gasteiger partial charge in [0.05, 0.1) is 7.11 Å². The van der Waals surface area contributed by atoms with E-state index in [1.54, 1.807) is 0 Å². The van der Waals surface area contributed by atoms with Gasteiger partial charge in [-0.3, -0.25) is 0 Å². The molecule has 16 heavy (non-hydrogen) atoms. The number of rotatable bonds is 3. The highest BCUT2D eigenvalue weighted by atomic mass is 32.2. The molecule has 0 saturated carbocycles. The maximum Gasteiger partial charge on any atom is 0.349 e. The van der Waals surface area contributed by atoms with Crippen LogP contribution in [0.1, 0.15) is 9.67 Å². The van der Waals surface area contributed by atoms with Crippen molar-refractivity contribution in [1.29, 1.82) is 0 Å². The van der Waals surface area contributed by atoms with Crippen molar-refractivity contribution in [3.05, 3.63) is 16.1 Å². The number of hydrogen-bond acceptors (Lipinski definition) is 6. The average Bonchev–Trinajstić information content (AvgIpc) is 2.59. The van der Waals surface area contributed by atoms with Crippen LogP contribution >= 0.6 is 11.3 Å². The van der Waals surface area contributed by atoms with Crippen LogP contribution in [0.2, 0.25) is 0 Å². The van der Waals surface area contributed by atoms with Gasteiger partial charge < -0.3 is 4.74 Å². The van der Waals surface area contributed by atoms with Crippen LogP contribution in [0.3, 0.4) is 0 Å². The Balaban J connectivity index is 3.50. The predicted octanol–water partition coefficient (Wildman–Crippen LogP) is 0.698. The summed E-state index contributed by atoms with van der Waals surface area (Å²) >= 11 is 0.543. The van der Waals surface area contributed by atoms with Gasteiger partial charge in [0.1, 0.15) is 4.88 Å². The lowest BCUT2D eigenvalue weighted by atomic mass is 10.4. The molecule has 0 radical (unpaired) electrons. The van der Waals surface area contributed by atoms with E-state index in [9.17, 15) is 22.4 Å². The maximum absolute atomic E-state index is 13.2. The van der Waals surface area contributed by atoms with Crippen molar-refractivity contribution >= 4 is 33.4 Å². The fourth-order valence-corrected chi connectivity index (χ4v) is 2.97. The van der Waals surface area contributed by atoms with E-state index >= 15 is 0 Å². The molecule has 0 saturated heterocycles. The Kier molecular flexibility index (Phi) is 3.53. The minimum Gasteiger partial charge on any atom is -0.465 e. The number of carbonyl (C=O) groups is 1. The molecule has 0 aliphatic rings. The Labute approximate surface area is 93.4 Å². The summed E-state index contributed by atoms with van der Waals surface area (Å²) in [7, 11) is -3.53. The van der Waals surface area contributed by atoms with Crippen LogP contribution in [0.25, 0.3) is 0 Å². The molecule has 0 aliphatic heterocycles. The van der Waals surface area contributed by atoms with Gasteiger partial charge in [0.25, 0.3) is 16.1 Å². The fraction of sp³-hybridized carbons (Fsp3) is 0.143. The first kappa shape index (κ1) is 12.5. The predicted molar refractivity (Wildman–Crippen MR) is 50.9 cm³/mol. The highest BCUT2D eigenvalue weighted by Gasteiger charge is 2.29. The van der Waals surface area contributed by atoms with E-state index < -0.39 is 31.6 Å². The Bertz CT molecular complexity index is 570. The molecule has 0 atom stereocenters. The molecule has 1 aromatic rings. The number of sulfonamides is 1. The van der Waals surface area contributed by atoms with E-state index in [0.29, 0.717) is 11.3 Å². The number of carbonyl (C=O) groups excluding carboxylic acids is 2. The van der Waals surface area contributed by atoms with Gasteiger partial charge in [0, 0.05) is 5.38 Å². The summed E-state index contributed by atoms with van der Waals surface area (Å²) < 4.78 is 42.5. The smallest absolute Gasteiger partial charge is 0.349 e. The number of esters is 1. The van der Waals surface area contributed by atoms with E-state index in [2.05, 4.69) is 9.13 Å². The van der Waals surface area contributed by atoms with Crippen LogP contribution in [0.15, 0.2) is 14.7 Å². The minimum absolute atomic E-state index is 0.473. The molecule has 1 aromatic heterocycles. The standard InChI is InChI=1S/C7H4FNO5S2/c1-14-7(11)5-6(4(8)2-15-5)16(12,13)9-3-10/h2H,1H3. The van der Waals surface area contributed by atoms with Crippen LogP contribution in [0.5, 0.6) is 0 Å². The number of methoxy groups -OCH3 is 1. The second kappa shape index (κ2) is 4.52. The highest BCUT2D eigenvalue weighted by molar-refractivity contribution is 7.90. The summed E-state index contributed by atoms with van der Waals surface area (Å²) in [4.78, 5) is 19.5. The van der Waals surface area contributed by atoms with Gasteiger partial charge in [-0.25, -0.2) is 14.0 Å². The molecule has 0 bridgehead atoms. The average molecular weight is 265 g/mol. The molecule has 0 unspecified atom stereocenters. The third kappa shape index (κ3) is 2.16. The largest absolute Gasteiger partial charge is 0.465 e. The highest BCUT2D eigenvalue weighted by Crippen LogP contribution is 2.27. The number of hydrogen-bond donors (Lipinski definition) is 0. The minimum atomic E-state index is -4.55. The van der Waals surface area contributed by atoms with Crippen molar-refractivity contribution in [1.82, 2.24) is 0 Å². The first-order valence-corrected chi connectivity index (χ1v) is 5.95. The lowest BCUT2D eigenvalue weighted by Crippen LogP contribution is -2.07. The second-order valence-electron chi connectivity index (χ2n) is 2.39. The van der Waals surface area contributed by atoms with Gasteiger partial charge in [0.2, 0.25) is 0 Å². The van der Waals surface area contributed by atoms with E-state index in [4.69, 9.17) is 0 Å². The number of isocyanates is 1. The van der Waals surface area contributed by atoms with E-state index in [-0.39, 0.29) is 0 Å². The molecule has 0 spiro atoms. The molecule has 1 rings (SSSR count). The summed E-state index contributed by atoms with van der Waals surface area (Å²) in [5.74, 6) is -2.18. The normalized spacial score (nSPS) is 10.6. The van der Waals surface area contributed by atoms with Crippen molar-refractivity contribution < 1.29 is 27.1 Å². The summed E-state index contributed by atoms with van der Waals surface area (Å²) in [6.07, 6.45) is 0.781. The van der Waals surface area contributed by atoms with Crippen molar-refractivity contribution in [2.75, 3.05) is 7.11 Å². The zero-order valence-electron chi connectivity index (χ0n) is 7.76. The molecule has 0 amide bonds.